The molecule has 45 heavy (non-hydrogen) atoms. The van der Waals surface area contributed by atoms with E-state index >= 15 is 0 Å². The predicted octanol–water partition coefficient (Wildman–Crippen LogP) is 8.30. The molecule has 1 spiro atoms. The van der Waals surface area contributed by atoms with Crippen molar-refractivity contribution in [3.63, 3.8) is 0 Å². The monoisotopic (exact) mass is 612 g/mol. The number of fused-ring (bicyclic) bond motifs is 2. The van der Waals surface area contributed by atoms with Gasteiger partial charge in [-0.1, -0.05) is 121 Å². The van der Waals surface area contributed by atoms with Crippen LogP contribution < -0.4 is 5.09 Å². The molecule has 8 rings (SSSR count). The third kappa shape index (κ3) is 5.14. The van der Waals surface area contributed by atoms with Gasteiger partial charge in [-0.3, -0.25) is 0 Å². The van der Waals surface area contributed by atoms with E-state index in [-0.39, 0.29) is 35.8 Å². The van der Waals surface area contributed by atoms with E-state index in [1.807, 2.05) is 0 Å². The second kappa shape index (κ2) is 11.7. The van der Waals surface area contributed by atoms with E-state index in [1.165, 1.54) is 22.3 Å². The molecule has 4 aromatic carbocycles. The summed E-state index contributed by atoms with van der Waals surface area (Å²) >= 11 is 0. The Hall–Kier alpha value is -3.99. The molecule has 0 radical (unpaired) electrons. The number of benzene rings is 4. The summed E-state index contributed by atoms with van der Waals surface area (Å²) in [5.41, 5.74) is 5.16. The van der Waals surface area contributed by atoms with E-state index in [1.54, 1.807) is 0 Å². The molecule has 0 aliphatic carbocycles. The maximum absolute atomic E-state index is 5.94. The Morgan fingerprint density at radius 3 is 1.49 bits per heavy atom. The number of amidine groups is 2. The highest BCUT2D eigenvalue weighted by Gasteiger charge is 2.49. The quantitative estimate of drug-likeness (QED) is 0.236. The Balaban J connectivity index is 1.41. The van der Waals surface area contributed by atoms with Crippen molar-refractivity contribution >= 4 is 19.2 Å². The largest absolute Gasteiger partial charge is 0.363 e. The Bertz CT molecular complexity index is 1760. The predicted molar refractivity (Wildman–Crippen MR) is 186 cm³/mol. The van der Waals surface area contributed by atoms with Crippen LogP contribution in [0.5, 0.6) is 0 Å². The summed E-state index contributed by atoms with van der Waals surface area (Å²) in [6.07, 6.45) is 2.12. The zero-order valence-corrected chi connectivity index (χ0v) is 26.9. The van der Waals surface area contributed by atoms with Crippen LogP contribution in [0.15, 0.2) is 136 Å². The van der Waals surface area contributed by atoms with Crippen molar-refractivity contribution < 1.29 is 0 Å². The van der Waals surface area contributed by atoms with Crippen LogP contribution in [0, 0.1) is 11.8 Å². The second-order valence-electron chi connectivity index (χ2n) is 13.0. The molecule has 0 saturated carbocycles. The molecule has 7 heteroatoms. The summed E-state index contributed by atoms with van der Waals surface area (Å²) < 4.78 is 17.5. The molecule has 4 aliphatic rings. The van der Waals surface area contributed by atoms with Gasteiger partial charge in [-0.05, 0) is 35.1 Å². The SMILES string of the molecule is CN1CCC2C1=NP1(=N[C@@H](c3ccccc3)[C@@H]2c2ccccc2)N=C2C(CCN2C)[C@@H](c2ccccc2)[C@H](c2ccccc2)N1. The van der Waals surface area contributed by atoms with Gasteiger partial charge in [-0.15, -0.1) is 0 Å². The lowest BCUT2D eigenvalue weighted by atomic mass is 9.77. The number of likely N-dealkylation sites (tertiary alicyclic amines) is 2. The van der Waals surface area contributed by atoms with Gasteiger partial charge in [0.15, 0.2) is 0 Å². The number of nitrogens with one attached hydrogen (secondary N) is 1. The van der Waals surface area contributed by atoms with Gasteiger partial charge in [0.2, 0.25) is 0 Å². The van der Waals surface area contributed by atoms with E-state index in [9.17, 15) is 0 Å². The first-order valence-corrected chi connectivity index (χ1v) is 18.0. The topological polar surface area (TPSA) is 55.6 Å². The van der Waals surface area contributed by atoms with Crippen LogP contribution in [-0.4, -0.2) is 48.7 Å². The highest BCUT2D eigenvalue weighted by Crippen LogP contribution is 2.63. The third-order valence-electron chi connectivity index (χ3n) is 10.3. The molecule has 0 bridgehead atoms. The van der Waals surface area contributed by atoms with Gasteiger partial charge < -0.3 is 9.80 Å². The Kier molecular flexibility index (Phi) is 7.43. The molecule has 1 N–H and O–H groups in total. The van der Waals surface area contributed by atoms with Gasteiger partial charge in [0, 0.05) is 56.9 Å². The highest BCUT2D eigenvalue weighted by molar-refractivity contribution is 7.62. The molecule has 3 unspecified atom stereocenters. The number of rotatable bonds is 4. The molecule has 7 atom stereocenters. The van der Waals surface area contributed by atoms with E-state index in [4.69, 9.17) is 14.3 Å². The zero-order valence-electron chi connectivity index (χ0n) is 26.0. The minimum atomic E-state index is -2.88. The van der Waals surface area contributed by atoms with Crippen LogP contribution in [-0.2, 0) is 0 Å². The molecule has 4 aromatic rings. The molecular weight excluding hydrogens is 571 g/mol. The molecule has 4 aliphatic heterocycles. The van der Waals surface area contributed by atoms with Crippen molar-refractivity contribution in [1.82, 2.24) is 14.9 Å². The standard InChI is InChI=1S/C38H41N6P/c1-43-25-23-31-33(27-15-7-3-8-16-27)35(29-19-11-5-12-20-29)39-45(41-37(31)43)40-36(30-21-13-6-14-22-30)34(28-17-9-4-10-18-28)32-24-26-44(2)38(32)42-45/h3-22,31-36,39H,23-26H2,1-2H3/t31?,32?,33-,34-,35+,36+,45?/m1/s1. The fraction of sp³-hybridized carbons (Fsp3) is 0.316. The number of nitrogens with zero attached hydrogens (tertiary/aromatic N) is 5. The Morgan fingerprint density at radius 1 is 0.556 bits per heavy atom. The van der Waals surface area contributed by atoms with Gasteiger partial charge in [-0.25, -0.2) is 9.83 Å². The van der Waals surface area contributed by atoms with E-state index in [0.29, 0.717) is 0 Å². The summed E-state index contributed by atoms with van der Waals surface area (Å²) in [5.74, 6) is 3.20. The summed E-state index contributed by atoms with van der Waals surface area (Å²) in [5, 5.41) is 4.21. The summed E-state index contributed by atoms with van der Waals surface area (Å²) in [6, 6.07) is 43.9. The number of hydrogen-bond donors (Lipinski definition) is 1. The maximum Gasteiger partial charge on any atom is 0.257 e. The van der Waals surface area contributed by atoms with E-state index in [2.05, 4.69) is 150 Å². The van der Waals surface area contributed by atoms with Crippen LogP contribution in [0.1, 0.15) is 59.0 Å². The first-order chi connectivity index (χ1) is 22.1. The fourth-order valence-electron chi connectivity index (χ4n) is 8.17. The van der Waals surface area contributed by atoms with Crippen molar-refractivity contribution in [2.24, 2.45) is 26.1 Å². The second-order valence-corrected chi connectivity index (χ2v) is 15.0. The van der Waals surface area contributed by atoms with Crippen LogP contribution in [0.25, 0.3) is 0 Å². The Morgan fingerprint density at radius 2 is 0.978 bits per heavy atom. The molecular formula is C38H41N6P. The average molecular weight is 613 g/mol. The van der Waals surface area contributed by atoms with Crippen molar-refractivity contribution in [3.05, 3.63) is 144 Å². The lowest BCUT2D eigenvalue weighted by Gasteiger charge is -2.33. The van der Waals surface area contributed by atoms with Crippen LogP contribution in [0.4, 0.5) is 0 Å². The van der Waals surface area contributed by atoms with Crippen molar-refractivity contribution in [3.8, 4) is 0 Å². The van der Waals surface area contributed by atoms with Gasteiger partial charge >= 0.3 is 0 Å². The van der Waals surface area contributed by atoms with Gasteiger partial charge in [-0.2, -0.15) is 9.53 Å². The molecule has 6 nitrogen and oxygen atoms in total. The lowest BCUT2D eigenvalue weighted by Crippen LogP contribution is -2.30. The first kappa shape index (κ1) is 28.5. The minimum Gasteiger partial charge on any atom is -0.363 e. The zero-order chi connectivity index (χ0) is 30.4. The van der Waals surface area contributed by atoms with Crippen LogP contribution in [0.2, 0.25) is 0 Å². The lowest BCUT2D eigenvalue weighted by molar-refractivity contribution is 0.434. The van der Waals surface area contributed by atoms with Crippen molar-refractivity contribution in [2.45, 2.75) is 36.8 Å². The molecule has 2 fully saturated rings. The molecule has 0 amide bonds. The molecule has 0 aromatic heterocycles. The normalized spacial score (nSPS) is 30.9. The van der Waals surface area contributed by atoms with Crippen LogP contribution in [0.3, 0.4) is 0 Å². The Labute approximate surface area is 267 Å². The fourth-order valence-corrected chi connectivity index (χ4v) is 11.0. The van der Waals surface area contributed by atoms with Crippen molar-refractivity contribution in [2.75, 3.05) is 27.2 Å². The van der Waals surface area contributed by atoms with Gasteiger partial charge in [0.1, 0.15) is 11.7 Å². The summed E-state index contributed by atoms with van der Waals surface area (Å²) in [6.45, 7) is 1.98. The van der Waals surface area contributed by atoms with Crippen LogP contribution >= 0.6 is 7.51 Å². The maximum atomic E-state index is 5.94. The molecule has 4 heterocycles. The van der Waals surface area contributed by atoms with E-state index < -0.39 is 7.51 Å². The minimum absolute atomic E-state index is 0.00245. The first-order valence-electron chi connectivity index (χ1n) is 16.3. The third-order valence-corrected chi connectivity index (χ3v) is 12.5. The summed E-state index contributed by atoms with van der Waals surface area (Å²) in [7, 11) is 1.53. The summed E-state index contributed by atoms with van der Waals surface area (Å²) in [4.78, 5) is 4.75. The van der Waals surface area contributed by atoms with Gasteiger partial charge in [0.05, 0.1) is 6.04 Å². The molecule has 228 valence electrons. The smallest absolute Gasteiger partial charge is 0.257 e. The molecule has 2 saturated heterocycles. The van der Waals surface area contributed by atoms with Crippen molar-refractivity contribution in [1.29, 1.82) is 0 Å². The van der Waals surface area contributed by atoms with Gasteiger partial charge in [0.25, 0.3) is 7.51 Å². The number of hydrogen-bond acceptors (Lipinski definition) is 6. The van der Waals surface area contributed by atoms with E-state index in [0.717, 1.165) is 37.6 Å². The average Bonchev–Trinajstić information content (AvgIpc) is 3.52. The highest BCUT2D eigenvalue weighted by atomic mass is 31.2.